The molecule has 0 radical (unpaired) electrons. The first-order valence-electron chi connectivity index (χ1n) is 6.16. The van der Waals surface area contributed by atoms with E-state index in [0.717, 1.165) is 13.2 Å². The lowest BCUT2D eigenvalue weighted by molar-refractivity contribution is 0.0350. The number of rotatable bonds is 5. The molecule has 0 amide bonds. The summed E-state index contributed by atoms with van der Waals surface area (Å²) in [6.45, 7) is 8.69. The Bertz CT molecular complexity index is 165. The van der Waals surface area contributed by atoms with Gasteiger partial charge in [-0.25, -0.2) is 5.01 Å². The van der Waals surface area contributed by atoms with Crippen LogP contribution in [0.25, 0.3) is 0 Å². The van der Waals surface area contributed by atoms with Crippen LogP contribution in [0.3, 0.4) is 0 Å². The predicted molar refractivity (Wildman–Crippen MR) is 63.7 cm³/mol. The van der Waals surface area contributed by atoms with Crippen molar-refractivity contribution in [2.45, 2.75) is 52.1 Å². The van der Waals surface area contributed by atoms with E-state index in [1.54, 1.807) is 7.11 Å². The Morgan fingerprint density at radius 2 is 1.93 bits per heavy atom. The molecule has 0 aromatic heterocycles. The van der Waals surface area contributed by atoms with Gasteiger partial charge in [0.15, 0.2) is 0 Å². The molecule has 1 aliphatic heterocycles. The highest BCUT2D eigenvalue weighted by molar-refractivity contribution is 4.76. The molecule has 1 N–H and O–H groups in total. The lowest BCUT2D eigenvalue weighted by Crippen LogP contribution is -2.53. The van der Waals surface area contributed by atoms with Crippen molar-refractivity contribution in [2.75, 3.05) is 20.3 Å². The highest BCUT2D eigenvalue weighted by Gasteiger charge is 2.24. The van der Waals surface area contributed by atoms with Crippen molar-refractivity contribution in [3.8, 4) is 0 Å². The van der Waals surface area contributed by atoms with Crippen molar-refractivity contribution in [1.29, 1.82) is 0 Å². The molecule has 1 heterocycles. The Balaban J connectivity index is 2.28. The lowest BCUT2D eigenvalue weighted by Gasteiger charge is -2.39. The van der Waals surface area contributed by atoms with Crippen LogP contribution in [0.2, 0.25) is 0 Å². The summed E-state index contributed by atoms with van der Waals surface area (Å²) in [6, 6.07) is 1.34. The topological polar surface area (TPSA) is 24.5 Å². The van der Waals surface area contributed by atoms with Gasteiger partial charge in [0, 0.05) is 25.7 Å². The molecule has 0 bridgehead atoms. The summed E-state index contributed by atoms with van der Waals surface area (Å²) in [7, 11) is 1.77. The Morgan fingerprint density at radius 3 is 2.47 bits per heavy atom. The van der Waals surface area contributed by atoms with Crippen LogP contribution in [0.15, 0.2) is 0 Å². The third-order valence-corrected chi connectivity index (χ3v) is 3.27. The Hall–Kier alpha value is -0.120. The number of nitrogens with zero attached hydrogens (tertiary/aromatic N) is 1. The van der Waals surface area contributed by atoms with Crippen molar-refractivity contribution >= 4 is 0 Å². The van der Waals surface area contributed by atoms with Gasteiger partial charge in [0.25, 0.3) is 0 Å². The SMILES string of the molecule is COCC(C)CNN1C(C)CCCC1C. The van der Waals surface area contributed by atoms with Crippen LogP contribution in [-0.2, 0) is 4.74 Å². The number of hydrogen-bond donors (Lipinski definition) is 1. The smallest absolute Gasteiger partial charge is 0.0500 e. The van der Waals surface area contributed by atoms with Crippen LogP contribution in [0, 0.1) is 5.92 Å². The molecular formula is C12H26N2O. The lowest BCUT2D eigenvalue weighted by atomic mass is 10.00. The second-order valence-corrected chi connectivity index (χ2v) is 4.96. The number of hydrazine groups is 1. The third-order valence-electron chi connectivity index (χ3n) is 3.27. The predicted octanol–water partition coefficient (Wildman–Crippen LogP) is 2.04. The summed E-state index contributed by atoms with van der Waals surface area (Å²) in [5.74, 6) is 0.580. The second kappa shape index (κ2) is 6.46. The molecular weight excluding hydrogens is 188 g/mol. The van der Waals surface area contributed by atoms with Crippen molar-refractivity contribution in [2.24, 2.45) is 5.92 Å². The first kappa shape index (κ1) is 12.9. The van der Waals surface area contributed by atoms with E-state index >= 15 is 0 Å². The van der Waals surface area contributed by atoms with Gasteiger partial charge in [-0.1, -0.05) is 13.3 Å². The van der Waals surface area contributed by atoms with Gasteiger partial charge in [0.05, 0.1) is 6.61 Å². The summed E-state index contributed by atoms with van der Waals surface area (Å²) in [5.41, 5.74) is 3.56. The van der Waals surface area contributed by atoms with Crippen LogP contribution in [0.4, 0.5) is 0 Å². The van der Waals surface area contributed by atoms with Crippen LogP contribution >= 0.6 is 0 Å². The van der Waals surface area contributed by atoms with Crippen LogP contribution in [-0.4, -0.2) is 37.4 Å². The minimum absolute atomic E-state index is 0.580. The van der Waals surface area contributed by atoms with Crippen LogP contribution in [0.1, 0.15) is 40.0 Å². The molecule has 3 unspecified atom stereocenters. The fourth-order valence-corrected chi connectivity index (χ4v) is 2.34. The molecule has 0 aromatic rings. The fourth-order valence-electron chi connectivity index (χ4n) is 2.34. The summed E-state index contributed by atoms with van der Waals surface area (Å²) in [6.07, 6.45) is 4.00. The van der Waals surface area contributed by atoms with Gasteiger partial charge in [-0.05, 0) is 32.6 Å². The molecule has 1 saturated heterocycles. The fraction of sp³-hybridized carbons (Fsp3) is 1.00. The molecule has 0 saturated carbocycles. The van der Waals surface area contributed by atoms with Gasteiger partial charge in [-0.15, -0.1) is 0 Å². The molecule has 15 heavy (non-hydrogen) atoms. The molecule has 0 aliphatic carbocycles. The number of piperidine rings is 1. The van der Waals surface area contributed by atoms with Crippen LogP contribution < -0.4 is 5.43 Å². The highest BCUT2D eigenvalue weighted by atomic mass is 16.5. The van der Waals surface area contributed by atoms with Crippen molar-refractivity contribution in [3.05, 3.63) is 0 Å². The van der Waals surface area contributed by atoms with Crippen molar-refractivity contribution in [1.82, 2.24) is 10.4 Å². The normalized spacial score (nSPS) is 30.4. The van der Waals surface area contributed by atoms with Gasteiger partial charge in [0.2, 0.25) is 0 Å². The van der Waals surface area contributed by atoms with Gasteiger partial charge in [0.1, 0.15) is 0 Å². The summed E-state index contributed by atoms with van der Waals surface area (Å²) in [5, 5.41) is 2.43. The minimum Gasteiger partial charge on any atom is -0.384 e. The molecule has 3 heteroatoms. The van der Waals surface area contributed by atoms with E-state index in [4.69, 9.17) is 4.74 Å². The van der Waals surface area contributed by atoms with E-state index in [1.807, 2.05) is 0 Å². The van der Waals surface area contributed by atoms with E-state index in [-0.39, 0.29) is 0 Å². The molecule has 1 fully saturated rings. The van der Waals surface area contributed by atoms with Gasteiger partial charge < -0.3 is 4.74 Å². The zero-order valence-electron chi connectivity index (χ0n) is 10.6. The minimum atomic E-state index is 0.580. The summed E-state index contributed by atoms with van der Waals surface area (Å²) in [4.78, 5) is 0. The zero-order chi connectivity index (χ0) is 11.3. The largest absolute Gasteiger partial charge is 0.384 e. The van der Waals surface area contributed by atoms with Gasteiger partial charge in [-0.3, -0.25) is 5.43 Å². The number of nitrogens with one attached hydrogen (secondary N) is 1. The number of hydrogen-bond acceptors (Lipinski definition) is 3. The average molecular weight is 214 g/mol. The van der Waals surface area contributed by atoms with Crippen LogP contribution in [0.5, 0.6) is 0 Å². The van der Waals surface area contributed by atoms with E-state index < -0.39 is 0 Å². The summed E-state index contributed by atoms with van der Waals surface area (Å²) >= 11 is 0. The highest BCUT2D eigenvalue weighted by Crippen LogP contribution is 2.20. The molecule has 0 aromatic carbocycles. The number of methoxy groups -OCH3 is 1. The van der Waals surface area contributed by atoms with E-state index in [0.29, 0.717) is 18.0 Å². The van der Waals surface area contributed by atoms with Gasteiger partial charge in [-0.2, -0.15) is 0 Å². The van der Waals surface area contributed by atoms with E-state index in [1.165, 1.54) is 19.3 Å². The van der Waals surface area contributed by atoms with Crippen molar-refractivity contribution < 1.29 is 4.74 Å². The maximum absolute atomic E-state index is 5.14. The third kappa shape index (κ3) is 4.09. The number of ether oxygens (including phenoxy) is 1. The standard InChI is InChI=1S/C12H26N2O/c1-10(9-15-4)8-13-14-11(2)6-5-7-12(14)3/h10-13H,5-9H2,1-4H3. The first-order valence-corrected chi connectivity index (χ1v) is 6.16. The summed E-state index contributed by atoms with van der Waals surface area (Å²) < 4.78 is 5.14. The second-order valence-electron chi connectivity index (χ2n) is 4.96. The quantitative estimate of drug-likeness (QED) is 0.758. The van der Waals surface area contributed by atoms with E-state index in [2.05, 4.69) is 31.2 Å². The Kier molecular flexibility index (Phi) is 5.58. The molecule has 3 atom stereocenters. The molecule has 1 aliphatic rings. The zero-order valence-corrected chi connectivity index (χ0v) is 10.6. The Labute approximate surface area is 94.1 Å². The maximum Gasteiger partial charge on any atom is 0.0500 e. The molecule has 0 spiro atoms. The first-order chi connectivity index (χ1) is 7.15. The maximum atomic E-state index is 5.14. The van der Waals surface area contributed by atoms with Crippen molar-refractivity contribution in [3.63, 3.8) is 0 Å². The molecule has 1 rings (SSSR count). The molecule has 90 valence electrons. The Morgan fingerprint density at radius 1 is 1.33 bits per heavy atom. The monoisotopic (exact) mass is 214 g/mol. The van der Waals surface area contributed by atoms with E-state index in [9.17, 15) is 0 Å². The average Bonchev–Trinajstić information content (AvgIpc) is 2.17. The molecule has 3 nitrogen and oxygen atoms in total. The van der Waals surface area contributed by atoms with Gasteiger partial charge >= 0.3 is 0 Å².